The zero-order valence-electron chi connectivity index (χ0n) is 18.6. The molecule has 0 N–H and O–H groups in total. The van der Waals surface area contributed by atoms with Gasteiger partial charge in [-0.15, -0.1) is 0 Å². The van der Waals surface area contributed by atoms with Gasteiger partial charge < -0.3 is 9.64 Å². The zero-order chi connectivity index (χ0) is 24.5. The monoisotopic (exact) mass is 489 g/mol. The van der Waals surface area contributed by atoms with Crippen molar-refractivity contribution >= 4 is 29.0 Å². The van der Waals surface area contributed by atoms with Crippen molar-refractivity contribution in [1.29, 1.82) is 0 Å². The van der Waals surface area contributed by atoms with Crippen LogP contribution in [0.2, 0.25) is 5.02 Å². The third kappa shape index (κ3) is 4.82. The van der Waals surface area contributed by atoms with Gasteiger partial charge in [-0.05, 0) is 61.4 Å². The fraction of sp³-hybridized carbons (Fsp3) is 0.280. The van der Waals surface area contributed by atoms with Gasteiger partial charge in [0.05, 0.1) is 13.2 Å². The van der Waals surface area contributed by atoms with Crippen LogP contribution in [0.3, 0.4) is 0 Å². The molecule has 2 heterocycles. The molecule has 4 rings (SSSR count). The summed E-state index contributed by atoms with van der Waals surface area (Å²) in [7, 11) is 1.59. The number of fused-ring (bicyclic) bond motifs is 1. The molecule has 0 saturated heterocycles. The Morgan fingerprint density at radius 2 is 1.82 bits per heavy atom. The second-order valence-corrected chi connectivity index (χ2v) is 8.58. The molecule has 0 radical (unpaired) electrons. The summed E-state index contributed by atoms with van der Waals surface area (Å²) in [5, 5.41) is 0.368. The minimum atomic E-state index is -5.04. The first-order valence-electron chi connectivity index (χ1n) is 10.7. The molecule has 0 bridgehead atoms. The summed E-state index contributed by atoms with van der Waals surface area (Å²) in [6, 6.07) is 15.8. The van der Waals surface area contributed by atoms with Crippen molar-refractivity contribution in [3.8, 4) is 5.75 Å². The number of benzene rings is 2. The van der Waals surface area contributed by atoms with Crippen molar-refractivity contribution in [2.75, 3.05) is 16.9 Å². The van der Waals surface area contributed by atoms with Crippen LogP contribution in [0.1, 0.15) is 30.5 Å². The number of nitrogens with zero attached hydrogens (tertiary/aromatic N) is 3. The lowest BCUT2D eigenvalue weighted by Crippen LogP contribution is -2.49. The van der Waals surface area contributed by atoms with E-state index in [4.69, 9.17) is 16.3 Å². The van der Waals surface area contributed by atoms with Crippen LogP contribution in [0.15, 0.2) is 66.9 Å². The van der Waals surface area contributed by atoms with Crippen LogP contribution in [-0.4, -0.2) is 30.2 Å². The summed E-state index contributed by atoms with van der Waals surface area (Å²) in [6.45, 7) is 2.43. The lowest BCUT2D eigenvalue weighted by molar-refractivity contribution is -0.171. The van der Waals surface area contributed by atoms with E-state index in [1.54, 1.807) is 25.4 Å². The van der Waals surface area contributed by atoms with Crippen molar-refractivity contribution in [3.63, 3.8) is 0 Å². The van der Waals surface area contributed by atoms with Gasteiger partial charge in [0, 0.05) is 35.1 Å². The highest BCUT2D eigenvalue weighted by atomic mass is 35.5. The summed E-state index contributed by atoms with van der Waals surface area (Å²) in [6.07, 6.45) is -3.14. The molecule has 1 aromatic heterocycles. The number of rotatable bonds is 5. The fourth-order valence-corrected chi connectivity index (χ4v) is 4.40. The van der Waals surface area contributed by atoms with Crippen molar-refractivity contribution in [3.05, 3.63) is 83.0 Å². The second kappa shape index (κ2) is 9.54. The van der Waals surface area contributed by atoms with Crippen LogP contribution in [-0.2, 0) is 11.3 Å². The van der Waals surface area contributed by atoms with Crippen LogP contribution < -0.4 is 14.5 Å². The van der Waals surface area contributed by atoms with E-state index < -0.39 is 18.1 Å². The number of methoxy groups -OCH3 is 1. The van der Waals surface area contributed by atoms with Crippen molar-refractivity contribution < 1.29 is 22.7 Å². The average Bonchev–Trinajstić information content (AvgIpc) is 2.82. The van der Waals surface area contributed by atoms with Gasteiger partial charge >= 0.3 is 12.1 Å². The fourth-order valence-electron chi connectivity index (χ4n) is 4.28. The Bertz CT molecular complexity index is 1150. The molecule has 2 atom stereocenters. The molecule has 2 unspecified atom stereocenters. The number of aromatic nitrogens is 1. The normalized spacial score (nSPS) is 17.8. The highest BCUT2D eigenvalue weighted by molar-refractivity contribution is 6.30. The van der Waals surface area contributed by atoms with Crippen LogP contribution in [0.5, 0.6) is 5.75 Å². The standard InChI is InChI=1S/C25H23ClF3N3O2/c1-16-14-22(32(24(33)25(27,28)29)19-9-7-18(26)8-10-19)21-4-3-13-30-23(21)31(16)15-17-5-11-20(34-2)12-6-17/h3-13,16,22H,14-15H2,1-2H3. The van der Waals surface area contributed by atoms with Crippen molar-refractivity contribution in [2.24, 2.45) is 0 Å². The molecule has 1 aliphatic rings. The number of carbonyl (C=O) groups is 1. The van der Waals surface area contributed by atoms with E-state index in [0.717, 1.165) is 16.2 Å². The number of anilines is 2. The van der Waals surface area contributed by atoms with Gasteiger partial charge in [-0.25, -0.2) is 4.98 Å². The Hall–Kier alpha value is -3.26. The van der Waals surface area contributed by atoms with Gasteiger partial charge in [-0.2, -0.15) is 13.2 Å². The number of hydrogen-bond donors (Lipinski definition) is 0. The number of amides is 1. The van der Waals surface area contributed by atoms with E-state index in [1.807, 2.05) is 36.1 Å². The second-order valence-electron chi connectivity index (χ2n) is 8.14. The Morgan fingerprint density at radius 1 is 1.15 bits per heavy atom. The number of halogens is 4. The summed E-state index contributed by atoms with van der Waals surface area (Å²) in [5.41, 5.74) is 1.69. The third-order valence-electron chi connectivity index (χ3n) is 5.93. The highest BCUT2D eigenvalue weighted by Crippen LogP contribution is 2.43. The van der Waals surface area contributed by atoms with E-state index in [-0.39, 0.29) is 11.7 Å². The molecule has 0 fully saturated rings. The van der Waals surface area contributed by atoms with Crippen LogP contribution in [0.25, 0.3) is 0 Å². The first kappa shape index (κ1) is 23.9. The molecule has 2 aromatic carbocycles. The molecule has 0 saturated carbocycles. The molecule has 0 aliphatic carbocycles. The Balaban J connectivity index is 1.75. The van der Waals surface area contributed by atoms with Crippen LogP contribution in [0.4, 0.5) is 24.7 Å². The van der Waals surface area contributed by atoms with E-state index in [1.165, 1.54) is 24.3 Å². The topological polar surface area (TPSA) is 45.7 Å². The lowest BCUT2D eigenvalue weighted by Gasteiger charge is -2.43. The first-order valence-corrected chi connectivity index (χ1v) is 11.1. The van der Waals surface area contributed by atoms with Crippen LogP contribution >= 0.6 is 11.6 Å². The number of hydrogen-bond acceptors (Lipinski definition) is 4. The predicted molar refractivity (Wildman–Crippen MR) is 125 cm³/mol. The van der Waals surface area contributed by atoms with Gasteiger partial charge in [0.1, 0.15) is 11.6 Å². The maximum Gasteiger partial charge on any atom is 0.471 e. The Labute approximate surface area is 200 Å². The first-order chi connectivity index (χ1) is 16.2. The molecule has 178 valence electrons. The molecule has 34 heavy (non-hydrogen) atoms. The molecule has 1 amide bonds. The van der Waals surface area contributed by atoms with Gasteiger partial charge in [0.15, 0.2) is 0 Å². The summed E-state index contributed by atoms with van der Waals surface area (Å²) in [5.74, 6) is -0.639. The largest absolute Gasteiger partial charge is 0.497 e. The summed E-state index contributed by atoms with van der Waals surface area (Å²) < 4.78 is 46.2. The smallest absolute Gasteiger partial charge is 0.471 e. The number of pyridine rings is 1. The van der Waals surface area contributed by atoms with E-state index in [0.29, 0.717) is 29.4 Å². The van der Waals surface area contributed by atoms with E-state index in [9.17, 15) is 18.0 Å². The number of carbonyl (C=O) groups excluding carboxylic acids is 1. The van der Waals surface area contributed by atoms with Crippen molar-refractivity contribution in [1.82, 2.24) is 4.98 Å². The number of alkyl halides is 3. The van der Waals surface area contributed by atoms with E-state index >= 15 is 0 Å². The van der Waals surface area contributed by atoms with E-state index in [2.05, 4.69) is 4.98 Å². The van der Waals surface area contributed by atoms with Gasteiger partial charge in [-0.1, -0.05) is 29.8 Å². The van der Waals surface area contributed by atoms with Gasteiger partial charge in [-0.3, -0.25) is 9.69 Å². The summed E-state index contributed by atoms with van der Waals surface area (Å²) in [4.78, 5) is 20.0. The van der Waals surface area contributed by atoms with Gasteiger partial charge in [0.2, 0.25) is 0 Å². The molecular weight excluding hydrogens is 467 g/mol. The van der Waals surface area contributed by atoms with Crippen LogP contribution in [0, 0.1) is 0 Å². The average molecular weight is 490 g/mol. The zero-order valence-corrected chi connectivity index (χ0v) is 19.3. The molecule has 0 spiro atoms. The molecular formula is C25H23ClF3N3O2. The Kier molecular flexibility index (Phi) is 6.70. The maximum absolute atomic E-state index is 13.7. The number of ether oxygens (including phenoxy) is 1. The molecule has 9 heteroatoms. The van der Waals surface area contributed by atoms with Gasteiger partial charge in [0.25, 0.3) is 0 Å². The molecule has 5 nitrogen and oxygen atoms in total. The maximum atomic E-state index is 13.7. The summed E-state index contributed by atoms with van der Waals surface area (Å²) >= 11 is 5.94. The Morgan fingerprint density at radius 3 is 2.44 bits per heavy atom. The minimum Gasteiger partial charge on any atom is -0.497 e. The van der Waals surface area contributed by atoms with Crippen molar-refractivity contribution in [2.45, 2.75) is 38.1 Å². The minimum absolute atomic E-state index is 0.127. The lowest BCUT2D eigenvalue weighted by atomic mass is 9.91. The molecule has 3 aromatic rings. The quantitative estimate of drug-likeness (QED) is 0.429. The third-order valence-corrected chi connectivity index (χ3v) is 6.19. The molecule has 1 aliphatic heterocycles. The predicted octanol–water partition coefficient (Wildman–Crippen LogP) is 6.18. The SMILES string of the molecule is COc1ccc(CN2c3ncccc3C(N(C(=O)C(F)(F)F)c3ccc(Cl)cc3)CC2C)cc1. The highest BCUT2D eigenvalue weighted by Gasteiger charge is 2.47.